The molecule has 2 aromatic heterocycles. The minimum atomic E-state index is 0.479. The average molecular weight is 292 g/mol. The Labute approximate surface area is 125 Å². The topological polar surface area (TPSA) is 61.5 Å². The van der Waals surface area contributed by atoms with Crippen molar-refractivity contribution in [1.29, 1.82) is 0 Å². The van der Waals surface area contributed by atoms with E-state index < -0.39 is 0 Å². The van der Waals surface area contributed by atoms with Crippen molar-refractivity contribution in [2.45, 2.75) is 0 Å². The van der Waals surface area contributed by atoms with Gasteiger partial charge in [0.2, 0.25) is 5.88 Å². The maximum absolute atomic E-state index is 5.98. The average Bonchev–Trinajstić information content (AvgIpc) is 3.04. The van der Waals surface area contributed by atoms with Gasteiger partial charge in [0.1, 0.15) is 6.33 Å². The lowest BCUT2D eigenvalue weighted by molar-refractivity contribution is 0.373. The van der Waals surface area contributed by atoms with Gasteiger partial charge in [-0.1, -0.05) is 30.3 Å². The molecular weight excluding hydrogens is 280 g/mol. The highest BCUT2D eigenvalue weighted by Crippen LogP contribution is 2.34. The molecule has 0 bridgehead atoms. The number of rotatable bonds is 3. The van der Waals surface area contributed by atoms with E-state index >= 15 is 0 Å². The highest BCUT2D eigenvalue weighted by Gasteiger charge is 2.13. The first kappa shape index (κ1) is 12.6. The molecule has 6 nitrogen and oxygen atoms in total. The molecule has 2 heterocycles. The van der Waals surface area contributed by atoms with E-state index in [1.54, 1.807) is 18.0 Å². The van der Waals surface area contributed by atoms with Crippen LogP contribution in [0.1, 0.15) is 0 Å². The molecule has 0 saturated carbocycles. The maximum atomic E-state index is 5.98. The molecule has 4 aromatic rings. The number of benzene rings is 2. The second-order valence-corrected chi connectivity index (χ2v) is 4.70. The van der Waals surface area contributed by atoms with Crippen molar-refractivity contribution < 1.29 is 9.47 Å². The first-order valence-electron chi connectivity index (χ1n) is 6.76. The summed E-state index contributed by atoms with van der Waals surface area (Å²) in [6, 6.07) is 15.3. The molecule has 0 saturated heterocycles. The van der Waals surface area contributed by atoms with E-state index in [1.807, 2.05) is 48.5 Å². The Morgan fingerprint density at radius 1 is 0.909 bits per heavy atom. The van der Waals surface area contributed by atoms with Crippen LogP contribution >= 0.6 is 0 Å². The Hall–Kier alpha value is -3.15. The number of hydrogen-bond donors (Lipinski definition) is 0. The summed E-state index contributed by atoms with van der Waals surface area (Å²) in [4.78, 5) is 0. The number of fused-ring (bicyclic) bond motifs is 3. The molecule has 0 fully saturated rings. The molecule has 0 atom stereocenters. The molecule has 0 aliphatic carbocycles. The molecule has 2 aromatic carbocycles. The fourth-order valence-corrected chi connectivity index (χ4v) is 2.38. The van der Waals surface area contributed by atoms with Gasteiger partial charge in [0, 0.05) is 10.8 Å². The third-order valence-corrected chi connectivity index (χ3v) is 3.40. The zero-order valence-corrected chi connectivity index (χ0v) is 11.8. The van der Waals surface area contributed by atoms with Crippen molar-refractivity contribution in [3.8, 4) is 17.4 Å². The molecule has 0 radical (unpaired) electrons. The predicted octanol–water partition coefficient (Wildman–Crippen LogP) is 3.08. The van der Waals surface area contributed by atoms with Gasteiger partial charge < -0.3 is 9.47 Å². The lowest BCUT2D eigenvalue weighted by Crippen LogP contribution is -1.98. The fourth-order valence-electron chi connectivity index (χ4n) is 2.38. The second-order valence-electron chi connectivity index (χ2n) is 4.70. The fraction of sp³-hybridized carbons (Fsp3) is 0.0625. The third kappa shape index (κ3) is 1.93. The van der Waals surface area contributed by atoms with Gasteiger partial charge in [-0.15, -0.1) is 15.3 Å². The van der Waals surface area contributed by atoms with Crippen LogP contribution in [-0.2, 0) is 0 Å². The molecule has 0 aliphatic heterocycles. The summed E-state index contributed by atoms with van der Waals surface area (Å²) < 4.78 is 12.9. The van der Waals surface area contributed by atoms with E-state index in [0.29, 0.717) is 23.0 Å². The number of methoxy groups -OCH3 is 1. The summed E-state index contributed by atoms with van der Waals surface area (Å²) in [5.74, 6) is 1.74. The monoisotopic (exact) mass is 292 g/mol. The number of aromatic nitrogens is 4. The van der Waals surface area contributed by atoms with E-state index in [1.165, 1.54) is 0 Å². The Morgan fingerprint density at radius 3 is 2.45 bits per heavy atom. The maximum Gasteiger partial charge on any atom is 0.245 e. The van der Waals surface area contributed by atoms with Gasteiger partial charge >= 0.3 is 0 Å². The van der Waals surface area contributed by atoms with Gasteiger partial charge in [0.25, 0.3) is 0 Å². The molecule has 108 valence electrons. The van der Waals surface area contributed by atoms with Crippen LogP contribution < -0.4 is 9.47 Å². The zero-order chi connectivity index (χ0) is 14.9. The minimum absolute atomic E-state index is 0.479. The Kier molecular flexibility index (Phi) is 2.86. The van der Waals surface area contributed by atoms with Crippen molar-refractivity contribution in [2.24, 2.45) is 0 Å². The van der Waals surface area contributed by atoms with E-state index in [-0.39, 0.29) is 0 Å². The smallest absolute Gasteiger partial charge is 0.245 e. The van der Waals surface area contributed by atoms with Crippen molar-refractivity contribution in [1.82, 2.24) is 19.8 Å². The second kappa shape index (κ2) is 5.00. The number of nitrogens with zero attached hydrogens (tertiary/aromatic N) is 4. The summed E-state index contributed by atoms with van der Waals surface area (Å²) in [7, 11) is 1.61. The molecular formula is C16H12N4O2. The number of para-hydroxylation sites is 2. The van der Waals surface area contributed by atoms with Gasteiger partial charge in [-0.2, -0.15) is 4.52 Å². The van der Waals surface area contributed by atoms with Crippen LogP contribution in [0.4, 0.5) is 0 Å². The van der Waals surface area contributed by atoms with Crippen LogP contribution in [0, 0.1) is 0 Å². The molecule has 0 N–H and O–H groups in total. The van der Waals surface area contributed by atoms with Crippen molar-refractivity contribution in [2.75, 3.05) is 7.11 Å². The summed E-state index contributed by atoms with van der Waals surface area (Å²) in [5, 5.41) is 14.3. The van der Waals surface area contributed by atoms with Gasteiger partial charge in [-0.3, -0.25) is 0 Å². The SMILES string of the molecule is COc1ccccc1Oc1nn2cnnc2c2ccccc12. The molecule has 0 spiro atoms. The predicted molar refractivity (Wildman–Crippen MR) is 81.4 cm³/mol. The normalized spacial score (nSPS) is 11.0. The number of ether oxygens (including phenoxy) is 2. The first-order chi connectivity index (χ1) is 10.9. The zero-order valence-electron chi connectivity index (χ0n) is 11.8. The van der Waals surface area contributed by atoms with Crippen LogP contribution in [0.25, 0.3) is 16.4 Å². The molecule has 0 aliphatic rings. The van der Waals surface area contributed by atoms with E-state index in [2.05, 4.69) is 15.3 Å². The third-order valence-electron chi connectivity index (χ3n) is 3.40. The van der Waals surface area contributed by atoms with Gasteiger partial charge in [0.15, 0.2) is 17.1 Å². The lowest BCUT2D eigenvalue weighted by Gasteiger charge is -2.11. The van der Waals surface area contributed by atoms with Crippen LogP contribution in [0.2, 0.25) is 0 Å². The largest absolute Gasteiger partial charge is 0.493 e. The molecule has 0 amide bonds. The Morgan fingerprint density at radius 2 is 1.64 bits per heavy atom. The lowest BCUT2D eigenvalue weighted by atomic mass is 10.2. The van der Waals surface area contributed by atoms with Gasteiger partial charge in [-0.05, 0) is 18.2 Å². The molecule has 22 heavy (non-hydrogen) atoms. The van der Waals surface area contributed by atoms with E-state index in [9.17, 15) is 0 Å². The summed E-state index contributed by atoms with van der Waals surface area (Å²) >= 11 is 0. The van der Waals surface area contributed by atoms with Crippen molar-refractivity contribution in [3.63, 3.8) is 0 Å². The quantitative estimate of drug-likeness (QED) is 0.580. The summed E-state index contributed by atoms with van der Waals surface area (Å²) in [6.45, 7) is 0. The highest BCUT2D eigenvalue weighted by molar-refractivity contribution is 5.96. The summed E-state index contributed by atoms with van der Waals surface area (Å²) in [5.41, 5.74) is 0.697. The Bertz CT molecular complexity index is 965. The first-order valence-corrected chi connectivity index (χ1v) is 6.76. The minimum Gasteiger partial charge on any atom is -0.493 e. The number of hydrogen-bond acceptors (Lipinski definition) is 5. The van der Waals surface area contributed by atoms with E-state index in [0.717, 1.165) is 10.8 Å². The summed E-state index contributed by atoms with van der Waals surface area (Å²) in [6.07, 6.45) is 1.55. The standard InChI is InChI=1S/C16H12N4O2/c1-21-13-8-4-5-9-14(13)22-16-12-7-3-2-6-11(12)15-18-17-10-20(15)19-16/h2-10H,1H3. The van der Waals surface area contributed by atoms with Gasteiger partial charge in [0.05, 0.1) is 7.11 Å². The van der Waals surface area contributed by atoms with Crippen LogP contribution in [0.3, 0.4) is 0 Å². The molecule has 0 unspecified atom stereocenters. The molecule has 6 heteroatoms. The highest BCUT2D eigenvalue weighted by atomic mass is 16.5. The molecule has 4 rings (SSSR count). The Balaban J connectivity index is 1.93. The van der Waals surface area contributed by atoms with Gasteiger partial charge in [-0.25, -0.2) is 0 Å². The van der Waals surface area contributed by atoms with Crippen LogP contribution in [0.5, 0.6) is 17.4 Å². The van der Waals surface area contributed by atoms with Crippen molar-refractivity contribution in [3.05, 3.63) is 54.9 Å². The van der Waals surface area contributed by atoms with Crippen LogP contribution in [0.15, 0.2) is 54.9 Å². The van der Waals surface area contributed by atoms with Crippen LogP contribution in [-0.4, -0.2) is 26.9 Å². The van der Waals surface area contributed by atoms with Crippen molar-refractivity contribution >= 4 is 16.4 Å². The van der Waals surface area contributed by atoms with E-state index in [4.69, 9.17) is 9.47 Å².